The SMILES string of the molecule is CC(C)Cc1ccc(C(C)C(=O)N(O)CCc2ccccc2)cc1. The summed E-state index contributed by atoms with van der Waals surface area (Å²) >= 11 is 0. The normalized spacial score (nSPS) is 12.2. The van der Waals surface area contributed by atoms with Crippen molar-refractivity contribution in [2.24, 2.45) is 5.92 Å². The van der Waals surface area contributed by atoms with Crippen molar-refractivity contribution in [2.45, 2.75) is 39.5 Å². The molecule has 2 aromatic rings. The Morgan fingerprint density at radius 3 is 2.17 bits per heavy atom. The van der Waals surface area contributed by atoms with Crippen LogP contribution in [-0.4, -0.2) is 22.7 Å². The van der Waals surface area contributed by atoms with Crippen LogP contribution in [0.25, 0.3) is 0 Å². The summed E-state index contributed by atoms with van der Waals surface area (Å²) in [5.41, 5.74) is 3.32. The smallest absolute Gasteiger partial charge is 0.253 e. The Balaban J connectivity index is 1.92. The van der Waals surface area contributed by atoms with Crippen LogP contribution < -0.4 is 0 Å². The van der Waals surface area contributed by atoms with Crippen molar-refractivity contribution in [2.75, 3.05) is 6.54 Å². The highest BCUT2D eigenvalue weighted by Gasteiger charge is 2.20. The Kier molecular flexibility index (Phi) is 6.56. The molecule has 0 aliphatic carbocycles. The molecule has 0 bridgehead atoms. The molecular formula is C21H27NO2. The Morgan fingerprint density at radius 2 is 1.58 bits per heavy atom. The molecule has 1 atom stereocenters. The van der Waals surface area contributed by atoms with Crippen LogP contribution in [0.2, 0.25) is 0 Å². The first-order valence-electron chi connectivity index (χ1n) is 8.60. The Morgan fingerprint density at radius 1 is 0.958 bits per heavy atom. The molecule has 2 rings (SSSR count). The van der Waals surface area contributed by atoms with Gasteiger partial charge in [0.15, 0.2) is 0 Å². The number of hydrogen-bond donors (Lipinski definition) is 1. The molecule has 128 valence electrons. The molecule has 0 saturated heterocycles. The van der Waals surface area contributed by atoms with E-state index in [0.29, 0.717) is 18.9 Å². The predicted octanol–water partition coefficient (Wildman–Crippen LogP) is 4.45. The summed E-state index contributed by atoms with van der Waals surface area (Å²) in [6, 6.07) is 18.0. The van der Waals surface area contributed by atoms with Gasteiger partial charge in [0.25, 0.3) is 5.91 Å². The van der Waals surface area contributed by atoms with Gasteiger partial charge in [0.2, 0.25) is 0 Å². The van der Waals surface area contributed by atoms with Gasteiger partial charge < -0.3 is 0 Å². The van der Waals surface area contributed by atoms with Crippen LogP contribution in [0.1, 0.15) is 43.4 Å². The molecule has 0 aromatic heterocycles. The van der Waals surface area contributed by atoms with E-state index >= 15 is 0 Å². The van der Waals surface area contributed by atoms with E-state index in [9.17, 15) is 10.0 Å². The summed E-state index contributed by atoms with van der Waals surface area (Å²) in [5, 5.41) is 10.9. The fourth-order valence-corrected chi connectivity index (χ4v) is 2.77. The van der Waals surface area contributed by atoms with E-state index in [1.54, 1.807) is 0 Å². The highest BCUT2D eigenvalue weighted by molar-refractivity contribution is 5.82. The van der Waals surface area contributed by atoms with Crippen LogP contribution in [0.4, 0.5) is 0 Å². The zero-order valence-corrected chi connectivity index (χ0v) is 14.8. The van der Waals surface area contributed by atoms with E-state index in [4.69, 9.17) is 0 Å². The van der Waals surface area contributed by atoms with E-state index in [0.717, 1.165) is 22.6 Å². The van der Waals surface area contributed by atoms with Crippen molar-refractivity contribution in [3.63, 3.8) is 0 Å². The summed E-state index contributed by atoms with van der Waals surface area (Å²) in [6.45, 7) is 6.52. The van der Waals surface area contributed by atoms with Crippen molar-refractivity contribution in [3.8, 4) is 0 Å². The maximum Gasteiger partial charge on any atom is 0.253 e. The van der Waals surface area contributed by atoms with Crippen molar-refractivity contribution in [1.29, 1.82) is 0 Å². The van der Waals surface area contributed by atoms with E-state index in [1.165, 1.54) is 5.56 Å². The molecule has 1 amide bonds. The van der Waals surface area contributed by atoms with E-state index in [2.05, 4.69) is 26.0 Å². The third kappa shape index (κ3) is 5.20. The lowest BCUT2D eigenvalue weighted by molar-refractivity contribution is -0.166. The lowest BCUT2D eigenvalue weighted by Gasteiger charge is -2.20. The Hall–Kier alpha value is -2.13. The lowest BCUT2D eigenvalue weighted by atomic mass is 9.96. The second-order valence-corrected chi connectivity index (χ2v) is 6.76. The molecule has 1 unspecified atom stereocenters. The van der Waals surface area contributed by atoms with E-state index in [1.807, 2.05) is 49.4 Å². The highest BCUT2D eigenvalue weighted by Crippen LogP contribution is 2.19. The van der Waals surface area contributed by atoms with Gasteiger partial charge in [-0.2, -0.15) is 0 Å². The highest BCUT2D eigenvalue weighted by atomic mass is 16.5. The molecule has 24 heavy (non-hydrogen) atoms. The van der Waals surface area contributed by atoms with E-state index < -0.39 is 0 Å². The average Bonchev–Trinajstić information content (AvgIpc) is 2.59. The summed E-state index contributed by atoms with van der Waals surface area (Å²) < 4.78 is 0. The van der Waals surface area contributed by atoms with Crippen LogP contribution in [-0.2, 0) is 17.6 Å². The number of hydrogen-bond acceptors (Lipinski definition) is 2. The Bertz CT molecular complexity index is 635. The van der Waals surface area contributed by atoms with Crippen LogP contribution >= 0.6 is 0 Å². The quantitative estimate of drug-likeness (QED) is 0.603. The van der Waals surface area contributed by atoms with Gasteiger partial charge in [-0.1, -0.05) is 68.4 Å². The third-order valence-electron chi connectivity index (χ3n) is 4.20. The van der Waals surface area contributed by atoms with Gasteiger partial charge >= 0.3 is 0 Å². The summed E-state index contributed by atoms with van der Waals surface area (Å²) in [4.78, 5) is 12.4. The fraction of sp³-hybridized carbons (Fsp3) is 0.381. The number of nitrogens with zero attached hydrogens (tertiary/aromatic N) is 1. The zero-order valence-electron chi connectivity index (χ0n) is 14.8. The molecule has 0 saturated carbocycles. The summed E-state index contributed by atoms with van der Waals surface area (Å²) in [6.07, 6.45) is 1.68. The molecule has 0 heterocycles. The van der Waals surface area contributed by atoms with Gasteiger partial charge in [-0.15, -0.1) is 0 Å². The molecule has 2 aromatic carbocycles. The first kappa shape index (κ1) is 18.2. The molecule has 3 heteroatoms. The molecular weight excluding hydrogens is 298 g/mol. The second kappa shape index (κ2) is 8.65. The van der Waals surface area contributed by atoms with Crippen molar-refractivity contribution in [1.82, 2.24) is 5.06 Å². The van der Waals surface area contributed by atoms with Crippen molar-refractivity contribution in [3.05, 3.63) is 71.3 Å². The van der Waals surface area contributed by atoms with Crippen LogP contribution in [0.15, 0.2) is 54.6 Å². The maximum atomic E-state index is 12.4. The number of hydroxylamine groups is 2. The minimum atomic E-state index is -0.348. The number of carbonyl (C=O) groups excluding carboxylic acids is 1. The van der Waals surface area contributed by atoms with Gasteiger partial charge in [0, 0.05) is 0 Å². The number of carbonyl (C=O) groups is 1. The number of amides is 1. The van der Waals surface area contributed by atoms with Gasteiger partial charge in [-0.3, -0.25) is 10.0 Å². The van der Waals surface area contributed by atoms with Crippen molar-refractivity contribution < 1.29 is 10.0 Å². The maximum absolute atomic E-state index is 12.4. The summed E-state index contributed by atoms with van der Waals surface area (Å²) in [7, 11) is 0. The minimum absolute atomic E-state index is 0.262. The molecule has 3 nitrogen and oxygen atoms in total. The minimum Gasteiger partial charge on any atom is -0.286 e. The molecule has 0 aliphatic rings. The van der Waals surface area contributed by atoms with E-state index in [-0.39, 0.29) is 11.8 Å². The monoisotopic (exact) mass is 325 g/mol. The zero-order chi connectivity index (χ0) is 17.5. The number of rotatable bonds is 7. The molecule has 0 radical (unpaired) electrons. The molecule has 0 aliphatic heterocycles. The summed E-state index contributed by atoms with van der Waals surface area (Å²) in [5.74, 6) is 0.00207. The van der Waals surface area contributed by atoms with Crippen molar-refractivity contribution >= 4 is 5.91 Å². The van der Waals surface area contributed by atoms with Crippen LogP contribution in [0, 0.1) is 5.92 Å². The van der Waals surface area contributed by atoms with Gasteiger partial charge in [-0.25, -0.2) is 5.06 Å². The standard InChI is InChI=1S/C21H27NO2/c1-16(2)15-19-9-11-20(12-10-19)17(3)21(23)22(24)14-13-18-7-5-4-6-8-18/h4-12,16-17,24H,13-15H2,1-3H3. The molecule has 0 spiro atoms. The van der Waals surface area contributed by atoms with Crippen LogP contribution in [0.5, 0.6) is 0 Å². The first-order chi connectivity index (χ1) is 11.5. The molecule has 0 fully saturated rings. The molecule has 1 N–H and O–H groups in total. The van der Waals surface area contributed by atoms with Gasteiger partial charge in [-0.05, 0) is 42.4 Å². The predicted molar refractivity (Wildman–Crippen MR) is 97.0 cm³/mol. The lowest BCUT2D eigenvalue weighted by Crippen LogP contribution is -2.33. The largest absolute Gasteiger partial charge is 0.286 e. The van der Waals surface area contributed by atoms with Gasteiger partial charge in [0.1, 0.15) is 0 Å². The fourth-order valence-electron chi connectivity index (χ4n) is 2.77. The van der Waals surface area contributed by atoms with Gasteiger partial charge in [0.05, 0.1) is 12.5 Å². The topological polar surface area (TPSA) is 40.5 Å². The third-order valence-corrected chi connectivity index (χ3v) is 4.20. The first-order valence-corrected chi connectivity index (χ1v) is 8.60. The Labute approximate surface area is 144 Å². The average molecular weight is 325 g/mol. The number of benzene rings is 2. The second-order valence-electron chi connectivity index (χ2n) is 6.76. The van der Waals surface area contributed by atoms with Crippen LogP contribution in [0.3, 0.4) is 0 Å².